The van der Waals surface area contributed by atoms with Gasteiger partial charge in [0.2, 0.25) is 0 Å². The molecule has 0 spiro atoms. The summed E-state index contributed by atoms with van der Waals surface area (Å²) in [5.74, 6) is -1.64. The molecule has 2 aromatic rings. The van der Waals surface area contributed by atoms with E-state index in [-0.39, 0.29) is 22.6 Å². The van der Waals surface area contributed by atoms with Crippen molar-refractivity contribution in [3.8, 4) is 0 Å². The molecule has 138 valence electrons. The quantitative estimate of drug-likeness (QED) is 0.358. The van der Waals surface area contributed by atoms with Crippen molar-refractivity contribution >= 4 is 23.3 Å². The molecule has 1 aliphatic rings. The van der Waals surface area contributed by atoms with Crippen LogP contribution in [0.5, 0.6) is 0 Å². The van der Waals surface area contributed by atoms with E-state index in [9.17, 15) is 24.5 Å². The van der Waals surface area contributed by atoms with Crippen LogP contribution in [-0.2, 0) is 0 Å². The zero-order valence-corrected chi connectivity index (χ0v) is 15.5. The van der Waals surface area contributed by atoms with Gasteiger partial charge in [-0.25, -0.2) is 0 Å². The molecule has 0 unspecified atom stereocenters. The van der Waals surface area contributed by atoms with Crippen molar-refractivity contribution in [1.82, 2.24) is 4.90 Å². The van der Waals surface area contributed by atoms with Gasteiger partial charge < -0.3 is 0 Å². The van der Waals surface area contributed by atoms with Crippen LogP contribution in [-0.4, -0.2) is 34.0 Å². The average Bonchev–Trinajstić information content (AvgIpc) is 2.84. The van der Waals surface area contributed by atoms with Gasteiger partial charge in [0.25, 0.3) is 17.5 Å². The molecule has 3 rings (SSSR count). The van der Waals surface area contributed by atoms with Gasteiger partial charge in [-0.1, -0.05) is 6.07 Å². The molecule has 7 heteroatoms. The molecule has 0 aromatic heterocycles. The van der Waals surface area contributed by atoms with Gasteiger partial charge in [0.15, 0.2) is 5.78 Å². The molecule has 1 aliphatic heterocycles. The molecule has 7 nitrogen and oxygen atoms in total. The van der Waals surface area contributed by atoms with Gasteiger partial charge in [-0.3, -0.25) is 29.4 Å². The van der Waals surface area contributed by atoms with Crippen molar-refractivity contribution in [3.63, 3.8) is 0 Å². The number of aryl methyl sites for hydroxylation is 2. The Morgan fingerprint density at radius 1 is 0.963 bits per heavy atom. The lowest BCUT2D eigenvalue weighted by atomic mass is 9.92. The number of fused-ring (bicyclic) bond motifs is 1. The topological polar surface area (TPSA) is 97.6 Å². The van der Waals surface area contributed by atoms with E-state index in [1.54, 1.807) is 0 Å². The van der Waals surface area contributed by atoms with Crippen LogP contribution in [0.25, 0.3) is 0 Å². The van der Waals surface area contributed by atoms with Crippen molar-refractivity contribution in [2.75, 3.05) is 6.54 Å². The number of nitro benzene ring substituents is 1. The second kappa shape index (κ2) is 6.42. The van der Waals surface area contributed by atoms with Crippen LogP contribution in [0.3, 0.4) is 0 Å². The molecular formula is C20H18N2O5. The van der Waals surface area contributed by atoms with Gasteiger partial charge in [-0.2, -0.15) is 0 Å². The Kier molecular flexibility index (Phi) is 4.39. The first kappa shape index (κ1) is 18.4. The summed E-state index contributed by atoms with van der Waals surface area (Å²) < 4.78 is 0. The molecule has 2 aromatic carbocycles. The minimum absolute atomic E-state index is 0.0458. The number of nitro groups is 1. The van der Waals surface area contributed by atoms with Gasteiger partial charge in [-0.15, -0.1) is 0 Å². The van der Waals surface area contributed by atoms with E-state index < -0.39 is 23.3 Å². The summed E-state index contributed by atoms with van der Waals surface area (Å²) in [6, 6.07) is 5.41. The lowest BCUT2D eigenvalue weighted by Gasteiger charge is -2.17. The summed E-state index contributed by atoms with van der Waals surface area (Å²) in [6.45, 7) is 7.14. The van der Waals surface area contributed by atoms with E-state index in [4.69, 9.17) is 0 Å². The molecule has 27 heavy (non-hydrogen) atoms. The van der Waals surface area contributed by atoms with E-state index in [1.165, 1.54) is 12.1 Å². The predicted molar refractivity (Wildman–Crippen MR) is 98.2 cm³/mol. The number of rotatable bonds is 4. The zero-order chi connectivity index (χ0) is 20.0. The van der Waals surface area contributed by atoms with Crippen LogP contribution in [0.4, 0.5) is 5.69 Å². The highest BCUT2D eigenvalue weighted by Gasteiger charge is 2.38. The maximum Gasteiger partial charge on any atom is 0.270 e. The fourth-order valence-corrected chi connectivity index (χ4v) is 3.47. The highest BCUT2D eigenvalue weighted by Crippen LogP contribution is 2.28. The Morgan fingerprint density at radius 2 is 1.59 bits per heavy atom. The molecule has 0 bridgehead atoms. The number of hydrogen-bond acceptors (Lipinski definition) is 5. The van der Waals surface area contributed by atoms with E-state index in [0.29, 0.717) is 5.56 Å². The molecule has 1 heterocycles. The number of hydrogen-bond donors (Lipinski definition) is 0. The van der Waals surface area contributed by atoms with Crippen molar-refractivity contribution in [3.05, 3.63) is 73.3 Å². The third kappa shape index (κ3) is 2.91. The molecule has 0 N–H and O–H groups in total. The normalized spacial score (nSPS) is 13.1. The minimum atomic E-state index is -0.689. The van der Waals surface area contributed by atoms with Gasteiger partial charge >= 0.3 is 0 Å². The monoisotopic (exact) mass is 366 g/mol. The molecule has 0 aliphatic carbocycles. The Morgan fingerprint density at radius 3 is 2.22 bits per heavy atom. The first-order valence-electron chi connectivity index (χ1n) is 8.38. The van der Waals surface area contributed by atoms with Crippen molar-refractivity contribution in [2.45, 2.75) is 27.7 Å². The molecule has 0 saturated carbocycles. The van der Waals surface area contributed by atoms with E-state index >= 15 is 0 Å². The number of non-ortho nitro benzene ring substituents is 1. The summed E-state index contributed by atoms with van der Waals surface area (Å²) >= 11 is 0. The predicted octanol–water partition coefficient (Wildman–Crippen LogP) is 3.31. The van der Waals surface area contributed by atoms with E-state index in [2.05, 4.69) is 0 Å². The SMILES string of the molecule is Cc1cc(C)c(C(=O)CN2C(=O)c3ccc([N+](=O)[O-])cc3C2=O)c(C)c1C. The summed E-state index contributed by atoms with van der Waals surface area (Å²) in [5, 5.41) is 10.9. The maximum absolute atomic E-state index is 12.9. The molecule has 0 atom stereocenters. The van der Waals surface area contributed by atoms with Gasteiger partial charge in [-0.05, 0) is 56.0 Å². The molecule has 0 fully saturated rings. The Labute approximate surface area is 155 Å². The standard InChI is InChI=1S/C20H18N2O5/c1-10-7-11(2)18(13(4)12(10)3)17(23)9-21-19(24)15-6-5-14(22(26)27)8-16(15)20(21)25/h5-8H,9H2,1-4H3. The van der Waals surface area contributed by atoms with Gasteiger partial charge in [0.1, 0.15) is 0 Å². The Hall–Kier alpha value is -3.35. The van der Waals surface area contributed by atoms with Crippen LogP contribution in [0.15, 0.2) is 24.3 Å². The summed E-state index contributed by atoms with van der Waals surface area (Å²) in [7, 11) is 0. The summed E-state index contributed by atoms with van der Waals surface area (Å²) in [6.07, 6.45) is 0. The van der Waals surface area contributed by atoms with Crippen molar-refractivity contribution in [2.24, 2.45) is 0 Å². The fraction of sp³-hybridized carbons (Fsp3) is 0.250. The number of carbonyl (C=O) groups is 3. The van der Waals surface area contributed by atoms with Gasteiger partial charge in [0, 0.05) is 17.7 Å². The second-order valence-corrected chi connectivity index (χ2v) is 6.74. The highest BCUT2D eigenvalue weighted by atomic mass is 16.6. The van der Waals surface area contributed by atoms with Crippen molar-refractivity contribution in [1.29, 1.82) is 0 Å². The first-order chi connectivity index (χ1) is 12.6. The number of nitrogens with zero attached hydrogens (tertiary/aromatic N) is 2. The molecular weight excluding hydrogens is 348 g/mol. The van der Waals surface area contributed by atoms with Crippen LogP contribution in [0.2, 0.25) is 0 Å². The third-order valence-corrected chi connectivity index (χ3v) is 5.10. The smallest absolute Gasteiger partial charge is 0.270 e. The van der Waals surface area contributed by atoms with Crippen LogP contribution >= 0.6 is 0 Å². The van der Waals surface area contributed by atoms with Crippen molar-refractivity contribution < 1.29 is 19.3 Å². The maximum atomic E-state index is 12.9. The molecule has 2 amide bonds. The molecule has 0 radical (unpaired) electrons. The summed E-state index contributed by atoms with van der Waals surface area (Å²) in [4.78, 5) is 49.1. The third-order valence-electron chi connectivity index (χ3n) is 5.10. The number of Topliss-reactive ketones (excluding diaryl/α,β-unsaturated/α-hetero) is 1. The lowest BCUT2D eigenvalue weighted by molar-refractivity contribution is -0.384. The number of imide groups is 1. The number of carbonyl (C=O) groups excluding carboxylic acids is 3. The largest absolute Gasteiger partial charge is 0.292 e. The first-order valence-corrected chi connectivity index (χ1v) is 8.38. The minimum Gasteiger partial charge on any atom is -0.292 e. The zero-order valence-electron chi connectivity index (χ0n) is 15.5. The summed E-state index contributed by atoms with van der Waals surface area (Å²) in [5.41, 5.74) is 3.92. The number of benzene rings is 2. The Bertz CT molecular complexity index is 1040. The Balaban J connectivity index is 1.94. The van der Waals surface area contributed by atoms with E-state index in [1.807, 2.05) is 33.8 Å². The lowest BCUT2D eigenvalue weighted by Crippen LogP contribution is -2.35. The van der Waals surface area contributed by atoms with Crippen LogP contribution in [0, 0.1) is 37.8 Å². The highest BCUT2D eigenvalue weighted by molar-refractivity contribution is 6.23. The fourth-order valence-electron chi connectivity index (χ4n) is 3.47. The molecule has 0 saturated heterocycles. The number of ketones is 1. The van der Waals surface area contributed by atoms with Gasteiger partial charge in [0.05, 0.1) is 22.6 Å². The van der Waals surface area contributed by atoms with E-state index in [0.717, 1.165) is 33.2 Å². The number of amides is 2. The van der Waals surface area contributed by atoms with Crippen LogP contribution in [0.1, 0.15) is 53.3 Å². The second-order valence-electron chi connectivity index (χ2n) is 6.74. The van der Waals surface area contributed by atoms with Crippen LogP contribution < -0.4 is 0 Å². The average molecular weight is 366 g/mol.